The maximum Gasteiger partial charge on any atom is 0.0992 e. The molecule has 18 heavy (non-hydrogen) atoms. The van der Waals surface area contributed by atoms with Crippen molar-refractivity contribution in [1.82, 2.24) is 0 Å². The molecule has 0 radical (unpaired) electrons. The fourth-order valence-electron chi connectivity index (χ4n) is 2.33. The summed E-state index contributed by atoms with van der Waals surface area (Å²) in [5.74, 6) is 0.601. The molecule has 0 aliphatic carbocycles. The molecule has 4 heteroatoms. The number of nitrogens with zero attached hydrogens (tertiary/aromatic N) is 1. The Labute approximate surface area is 108 Å². The van der Waals surface area contributed by atoms with Crippen LogP contribution < -0.4 is 11.1 Å². The van der Waals surface area contributed by atoms with Gasteiger partial charge in [0.2, 0.25) is 0 Å². The number of hydrogen-bond acceptors (Lipinski definition) is 4. The van der Waals surface area contributed by atoms with E-state index in [2.05, 4.69) is 18.3 Å². The molecule has 0 spiro atoms. The minimum atomic E-state index is 0.338. The molecule has 1 aliphatic rings. The highest BCUT2D eigenvalue weighted by Gasteiger charge is 2.20. The van der Waals surface area contributed by atoms with Crippen LogP contribution in [0.15, 0.2) is 18.2 Å². The SMILES string of the molecule is CC(Nc1cc(C#N)ccc1N)C1CCOCC1. The number of nitriles is 1. The molecule has 0 saturated carbocycles. The molecule has 1 aromatic carbocycles. The summed E-state index contributed by atoms with van der Waals surface area (Å²) in [4.78, 5) is 0. The first-order chi connectivity index (χ1) is 8.70. The first kappa shape index (κ1) is 12.7. The number of nitrogens with two attached hydrogens (primary N) is 1. The minimum Gasteiger partial charge on any atom is -0.397 e. The van der Waals surface area contributed by atoms with Crippen LogP contribution in [0.1, 0.15) is 25.3 Å². The van der Waals surface area contributed by atoms with E-state index in [0.29, 0.717) is 23.2 Å². The van der Waals surface area contributed by atoms with Crippen LogP contribution in [0.3, 0.4) is 0 Å². The van der Waals surface area contributed by atoms with Crippen molar-refractivity contribution in [3.8, 4) is 6.07 Å². The molecule has 2 rings (SSSR count). The van der Waals surface area contributed by atoms with Gasteiger partial charge in [0.1, 0.15) is 0 Å². The molecule has 1 heterocycles. The zero-order valence-electron chi connectivity index (χ0n) is 10.6. The van der Waals surface area contributed by atoms with Crippen molar-refractivity contribution in [2.75, 3.05) is 24.3 Å². The zero-order chi connectivity index (χ0) is 13.0. The fraction of sp³-hybridized carbons (Fsp3) is 0.500. The van der Waals surface area contributed by atoms with Crippen molar-refractivity contribution < 1.29 is 4.74 Å². The Bertz CT molecular complexity index is 447. The predicted octanol–water partition coefficient (Wildman–Crippen LogP) is 2.37. The van der Waals surface area contributed by atoms with Crippen LogP contribution in [0.25, 0.3) is 0 Å². The number of nitrogen functional groups attached to an aromatic ring is 1. The van der Waals surface area contributed by atoms with Gasteiger partial charge in [0.15, 0.2) is 0 Å². The maximum atomic E-state index is 8.90. The second kappa shape index (κ2) is 5.74. The topological polar surface area (TPSA) is 71.1 Å². The van der Waals surface area contributed by atoms with Crippen molar-refractivity contribution in [1.29, 1.82) is 5.26 Å². The summed E-state index contributed by atoms with van der Waals surface area (Å²) in [6.45, 7) is 3.84. The summed E-state index contributed by atoms with van der Waals surface area (Å²) in [6, 6.07) is 7.79. The molecule has 1 atom stereocenters. The largest absolute Gasteiger partial charge is 0.397 e. The van der Waals surface area contributed by atoms with E-state index in [1.54, 1.807) is 12.1 Å². The summed E-state index contributed by atoms with van der Waals surface area (Å²) >= 11 is 0. The van der Waals surface area contributed by atoms with E-state index in [1.165, 1.54) is 0 Å². The van der Waals surface area contributed by atoms with Gasteiger partial charge in [-0.15, -0.1) is 0 Å². The third-order valence-electron chi connectivity index (χ3n) is 3.54. The van der Waals surface area contributed by atoms with E-state index >= 15 is 0 Å². The number of ether oxygens (including phenoxy) is 1. The van der Waals surface area contributed by atoms with E-state index in [4.69, 9.17) is 15.7 Å². The molecule has 1 aromatic rings. The van der Waals surface area contributed by atoms with E-state index in [0.717, 1.165) is 31.7 Å². The maximum absolute atomic E-state index is 8.90. The van der Waals surface area contributed by atoms with Crippen LogP contribution in [-0.2, 0) is 4.74 Å². The Morgan fingerprint density at radius 1 is 1.44 bits per heavy atom. The molecule has 1 fully saturated rings. The first-order valence-corrected chi connectivity index (χ1v) is 6.34. The Balaban J connectivity index is 2.06. The van der Waals surface area contributed by atoms with Gasteiger partial charge in [-0.05, 0) is 43.9 Å². The highest BCUT2D eigenvalue weighted by molar-refractivity contribution is 5.68. The Morgan fingerprint density at radius 2 is 2.17 bits per heavy atom. The summed E-state index contributed by atoms with van der Waals surface area (Å²) in [7, 11) is 0. The van der Waals surface area contributed by atoms with Gasteiger partial charge in [-0.1, -0.05) is 0 Å². The van der Waals surface area contributed by atoms with Crippen LogP contribution in [0.4, 0.5) is 11.4 Å². The molecular formula is C14H19N3O. The van der Waals surface area contributed by atoms with Crippen molar-refractivity contribution in [3.05, 3.63) is 23.8 Å². The molecule has 1 saturated heterocycles. The van der Waals surface area contributed by atoms with Gasteiger partial charge in [0, 0.05) is 19.3 Å². The van der Waals surface area contributed by atoms with Gasteiger partial charge in [0.25, 0.3) is 0 Å². The summed E-state index contributed by atoms with van der Waals surface area (Å²) < 4.78 is 5.36. The smallest absolute Gasteiger partial charge is 0.0992 e. The standard InChI is InChI=1S/C14H19N3O/c1-10(12-4-6-18-7-5-12)17-14-8-11(9-15)2-3-13(14)16/h2-3,8,10,12,17H,4-7,16H2,1H3. The van der Waals surface area contributed by atoms with Gasteiger partial charge >= 0.3 is 0 Å². The zero-order valence-corrected chi connectivity index (χ0v) is 10.6. The highest BCUT2D eigenvalue weighted by atomic mass is 16.5. The van der Waals surface area contributed by atoms with Crippen LogP contribution >= 0.6 is 0 Å². The average molecular weight is 245 g/mol. The molecule has 1 aliphatic heterocycles. The van der Waals surface area contributed by atoms with E-state index in [1.807, 2.05) is 6.07 Å². The number of rotatable bonds is 3. The molecule has 96 valence electrons. The van der Waals surface area contributed by atoms with Crippen molar-refractivity contribution in [3.63, 3.8) is 0 Å². The molecular weight excluding hydrogens is 226 g/mol. The first-order valence-electron chi connectivity index (χ1n) is 6.34. The van der Waals surface area contributed by atoms with Crippen LogP contribution in [0.2, 0.25) is 0 Å². The second-order valence-electron chi connectivity index (χ2n) is 4.80. The van der Waals surface area contributed by atoms with Gasteiger partial charge in [-0.3, -0.25) is 0 Å². The summed E-state index contributed by atoms with van der Waals surface area (Å²) in [6.07, 6.45) is 2.15. The Kier molecular flexibility index (Phi) is 4.06. The molecule has 0 aromatic heterocycles. The number of anilines is 2. The average Bonchev–Trinajstić information content (AvgIpc) is 2.42. The van der Waals surface area contributed by atoms with Crippen molar-refractivity contribution >= 4 is 11.4 Å². The molecule has 3 N–H and O–H groups in total. The van der Waals surface area contributed by atoms with Crippen LogP contribution in [0, 0.1) is 17.2 Å². The van der Waals surface area contributed by atoms with Gasteiger partial charge < -0.3 is 15.8 Å². The third-order valence-corrected chi connectivity index (χ3v) is 3.54. The predicted molar refractivity (Wildman–Crippen MR) is 72.2 cm³/mol. The third kappa shape index (κ3) is 2.93. The number of benzene rings is 1. The van der Waals surface area contributed by atoms with Gasteiger partial charge in [0.05, 0.1) is 23.0 Å². The quantitative estimate of drug-likeness (QED) is 0.802. The molecule has 4 nitrogen and oxygen atoms in total. The van der Waals surface area contributed by atoms with Gasteiger partial charge in [-0.2, -0.15) is 5.26 Å². The molecule has 1 unspecified atom stereocenters. The van der Waals surface area contributed by atoms with Crippen LogP contribution in [0.5, 0.6) is 0 Å². The lowest BCUT2D eigenvalue weighted by Crippen LogP contribution is -2.31. The lowest BCUT2D eigenvalue weighted by atomic mass is 9.92. The van der Waals surface area contributed by atoms with Crippen molar-refractivity contribution in [2.45, 2.75) is 25.8 Å². The van der Waals surface area contributed by atoms with Crippen LogP contribution in [-0.4, -0.2) is 19.3 Å². The molecule has 0 bridgehead atoms. The lowest BCUT2D eigenvalue weighted by Gasteiger charge is -2.29. The monoisotopic (exact) mass is 245 g/mol. The van der Waals surface area contributed by atoms with Gasteiger partial charge in [-0.25, -0.2) is 0 Å². The number of nitrogens with one attached hydrogen (secondary N) is 1. The van der Waals surface area contributed by atoms with E-state index < -0.39 is 0 Å². The fourth-order valence-corrected chi connectivity index (χ4v) is 2.33. The second-order valence-corrected chi connectivity index (χ2v) is 4.80. The Morgan fingerprint density at radius 3 is 2.83 bits per heavy atom. The number of hydrogen-bond donors (Lipinski definition) is 2. The van der Waals surface area contributed by atoms with E-state index in [9.17, 15) is 0 Å². The summed E-state index contributed by atoms with van der Waals surface area (Å²) in [5, 5.41) is 12.3. The minimum absolute atomic E-state index is 0.338. The normalized spacial score (nSPS) is 18.0. The molecule has 0 amide bonds. The highest BCUT2D eigenvalue weighted by Crippen LogP contribution is 2.25. The van der Waals surface area contributed by atoms with Crippen molar-refractivity contribution in [2.24, 2.45) is 5.92 Å². The van der Waals surface area contributed by atoms with E-state index in [-0.39, 0.29) is 0 Å². The summed E-state index contributed by atoms with van der Waals surface area (Å²) in [5.41, 5.74) is 8.10. The lowest BCUT2D eigenvalue weighted by molar-refractivity contribution is 0.0622. The Hall–Kier alpha value is -1.73.